The van der Waals surface area contributed by atoms with E-state index < -0.39 is 0 Å². The summed E-state index contributed by atoms with van der Waals surface area (Å²) in [6.45, 7) is 2.10. The molecule has 4 rings (SSSR count). The number of benzene rings is 2. The zero-order valence-electron chi connectivity index (χ0n) is 15.7. The molecule has 0 radical (unpaired) electrons. The van der Waals surface area contributed by atoms with Gasteiger partial charge in [-0.25, -0.2) is 4.39 Å². The summed E-state index contributed by atoms with van der Waals surface area (Å²) >= 11 is 0. The van der Waals surface area contributed by atoms with Gasteiger partial charge in [0.05, 0.1) is 0 Å². The highest BCUT2D eigenvalue weighted by molar-refractivity contribution is 5.95. The van der Waals surface area contributed by atoms with E-state index in [0.29, 0.717) is 11.4 Å². The second-order valence-corrected chi connectivity index (χ2v) is 7.27. The smallest absolute Gasteiger partial charge is 0.254 e. The minimum absolute atomic E-state index is 0.0498. The predicted octanol–water partition coefficient (Wildman–Crippen LogP) is 3.63. The van der Waals surface area contributed by atoms with Crippen molar-refractivity contribution < 1.29 is 9.18 Å². The first-order valence-corrected chi connectivity index (χ1v) is 9.53. The molecule has 1 aliphatic rings. The van der Waals surface area contributed by atoms with E-state index in [1.807, 2.05) is 41.3 Å². The van der Waals surface area contributed by atoms with E-state index in [-0.39, 0.29) is 23.8 Å². The lowest BCUT2D eigenvalue weighted by molar-refractivity contribution is 0.0673. The Bertz CT molecular complexity index is 924. The van der Waals surface area contributed by atoms with Gasteiger partial charge in [0.25, 0.3) is 5.91 Å². The largest absolute Gasteiger partial charge is 0.333 e. The summed E-state index contributed by atoms with van der Waals surface area (Å²) in [7, 11) is 0. The third-order valence-electron chi connectivity index (χ3n) is 5.44. The lowest BCUT2D eigenvalue weighted by atomic mass is 10.0. The van der Waals surface area contributed by atoms with Crippen LogP contribution < -0.4 is 0 Å². The van der Waals surface area contributed by atoms with Crippen molar-refractivity contribution in [2.45, 2.75) is 44.7 Å². The maximum absolute atomic E-state index is 13.1. The fourth-order valence-electron chi connectivity index (χ4n) is 3.90. The number of H-pyrrole nitrogens is 1. The molecule has 0 saturated carbocycles. The number of carbonyl (C=O) groups is 1. The summed E-state index contributed by atoms with van der Waals surface area (Å²) in [5, 5.41) is 13.9. The third kappa shape index (κ3) is 3.78. The molecule has 0 bridgehead atoms. The van der Waals surface area contributed by atoms with Crippen LogP contribution in [0.3, 0.4) is 0 Å². The second-order valence-electron chi connectivity index (χ2n) is 7.27. The van der Waals surface area contributed by atoms with Crippen LogP contribution in [0.1, 0.15) is 42.1 Å². The summed E-state index contributed by atoms with van der Waals surface area (Å²) in [5.41, 5.74) is 2.57. The van der Waals surface area contributed by atoms with Crippen LogP contribution in [-0.2, 0) is 6.42 Å². The molecular weight excluding hydrogens is 357 g/mol. The SMILES string of the molecule is C[C@@H]1CC[C@H](CCc2ccc(F)cc2)N1C(=O)c1ccc(-c2nn[nH]n2)cc1. The van der Waals surface area contributed by atoms with Crippen molar-refractivity contribution in [2.75, 3.05) is 0 Å². The van der Waals surface area contributed by atoms with Crippen LogP contribution in [0.2, 0.25) is 0 Å². The Morgan fingerprint density at radius 2 is 1.89 bits per heavy atom. The van der Waals surface area contributed by atoms with E-state index >= 15 is 0 Å². The molecule has 0 spiro atoms. The molecule has 2 aromatic carbocycles. The molecule has 28 heavy (non-hydrogen) atoms. The zero-order chi connectivity index (χ0) is 19.5. The molecule has 1 aliphatic heterocycles. The Morgan fingerprint density at radius 1 is 1.14 bits per heavy atom. The second kappa shape index (κ2) is 7.88. The maximum Gasteiger partial charge on any atom is 0.254 e. The first-order valence-electron chi connectivity index (χ1n) is 9.53. The Hall–Kier alpha value is -3.09. The number of likely N-dealkylation sites (tertiary alicyclic amines) is 1. The quantitative estimate of drug-likeness (QED) is 0.735. The van der Waals surface area contributed by atoms with Crippen LogP contribution in [-0.4, -0.2) is 43.5 Å². The number of aryl methyl sites for hydroxylation is 1. The zero-order valence-corrected chi connectivity index (χ0v) is 15.7. The highest BCUT2D eigenvalue weighted by atomic mass is 19.1. The number of aromatic nitrogens is 4. The van der Waals surface area contributed by atoms with Gasteiger partial charge in [0.2, 0.25) is 5.82 Å². The number of tetrazole rings is 1. The van der Waals surface area contributed by atoms with Gasteiger partial charge in [0, 0.05) is 23.2 Å². The first-order chi connectivity index (χ1) is 13.6. The number of nitrogens with zero attached hydrogens (tertiary/aromatic N) is 4. The van der Waals surface area contributed by atoms with Crippen molar-refractivity contribution in [3.63, 3.8) is 0 Å². The Labute approximate surface area is 162 Å². The van der Waals surface area contributed by atoms with Gasteiger partial charge in [-0.1, -0.05) is 24.3 Å². The average Bonchev–Trinajstić information content (AvgIpc) is 3.37. The van der Waals surface area contributed by atoms with E-state index in [2.05, 4.69) is 27.5 Å². The summed E-state index contributed by atoms with van der Waals surface area (Å²) < 4.78 is 13.1. The fraction of sp³-hybridized carbons (Fsp3) is 0.333. The van der Waals surface area contributed by atoms with Crippen LogP contribution in [0.15, 0.2) is 48.5 Å². The number of hydrogen-bond acceptors (Lipinski definition) is 4. The number of halogens is 1. The van der Waals surface area contributed by atoms with Crippen molar-refractivity contribution in [1.29, 1.82) is 0 Å². The fourth-order valence-corrected chi connectivity index (χ4v) is 3.90. The number of aromatic amines is 1. The molecule has 0 aliphatic carbocycles. The van der Waals surface area contributed by atoms with Crippen molar-refractivity contribution in [1.82, 2.24) is 25.5 Å². The highest BCUT2D eigenvalue weighted by Crippen LogP contribution is 2.29. The van der Waals surface area contributed by atoms with Crippen molar-refractivity contribution in [2.24, 2.45) is 0 Å². The van der Waals surface area contributed by atoms with Crippen LogP contribution in [0.25, 0.3) is 11.4 Å². The van der Waals surface area contributed by atoms with E-state index in [4.69, 9.17) is 0 Å². The summed E-state index contributed by atoms with van der Waals surface area (Å²) in [5.74, 6) is 0.332. The summed E-state index contributed by atoms with van der Waals surface area (Å²) in [6, 6.07) is 14.3. The van der Waals surface area contributed by atoms with Gasteiger partial charge in [-0.05, 0) is 67.6 Å². The first kappa shape index (κ1) is 18.3. The Morgan fingerprint density at radius 3 is 2.57 bits per heavy atom. The van der Waals surface area contributed by atoms with E-state index in [1.54, 1.807) is 0 Å². The molecule has 144 valence electrons. The van der Waals surface area contributed by atoms with Crippen LogP contribution in [0.5, 0.6) is 0 Å². The van der Waals surface area contributed by atoms with E-state index in [0.717, 1.165) is 36.8 Å². The van der Waals surface area contributed by atoms with Gasteiger partial charge in [-0.2, -0.15) is 5.21 Å². The lowest BCUT2D eigenvalue weighted by Gasteiger charge is -2.29. The number of amides is 1. The number of carbonyl (C=O) groups excluding carboxylic acids is 1. The highest BCUT2D eigenvalue weighted by Gasteiger charge is 2.34. The van der Waals surface area contributed by atoms with E-state index in [9.17, 15) is 9.18 Å². The van der Waals surface area contributed by atoms with Crippen molar-refractivity contribution in [3.8, 4) is 11.4 Å². The number of hydrogen-bond donors (Lipinski definition) is 1. The topological polar surface area (TPSA) is 74.8 Å². The van der Waals surface area contributed by atoms with Gasteiger partial charge < -0.3 is 4.90 Å². The third-order valence-corrected chi connectivity index (χ3v) is 5.44. The van der Waals surface area contributed by atoms with Gasteiger partial charge in [0.15, 0.2) is 0 Å². The molecule has 2 atom stereocenters. The normalized spacial score (nSPS) is 19.1. The minimum atomic E-state index is -0.223. The van der Waals surface area contributed by atoms with Gasteiger partial charge in [-0.3, -0.25) is 4.79 Å². The molecule has 1 N–H and O–H groups in total. The molecule has 3 aromatic rings. The summed E-state index contributed by atoms with van der Waals surface area (Å²) in [6.07, 6.45) is 3.71. The van der Waals surface area contributed by atoms with Crippen LogP contribution in [0, 0.1) is 5.82 Å². The van der Waals surface area contributed by atoms with Gasteiger partial charge in [-0.15, -0.1) is 10.2 Å². The molecular formula is C21H22FN5O. The Kier molecular flexibility index (Phi) is 5.14. The number of rotatable bonds is 5. The van der Waals surface area contributed by atoms with Gasteiger partial charge in [0.1, 0.15) is 5.82 Å². The van der Waals surface area contributed by atoms with Crippen molar-refractivity contribution in [3.05, 3.63) is 65.5 Å². The van der Waals surface area contributed by atoms with E-state index in [1.165, 1.54) is 12.1 Å². The standard InChI is InChI=1S/C21H22FN5O/c1-14-2-12-19(13-5-15-3-10-18(22)11-4-15)27(14)21(28)17-8-6-16(7-9-17)20-23-25-26-24-20/h3-4,6-11,14,19H,2,5,12-13H2,1H3,(H,23,24,25,26)/t14-,19-/m1/s1. The molecule has 1 saturated heterocycles. The molecule has 2 heterocycles. The lowest BCUT2D eigenvalue weighted by Crippen LogP contribution is -2.40. The molecule has 1 fully saturated rings. The van der Waals surface area contributed by atoms with Crippen molar-refractivity contribution >= 4 is 5.91 Å². The maximum atomic E-state index is 13.1. The average molecular weight is 379 g/mol. The molecule has 6 nitrogen and oxygen atoms in total. The summed E-state index contributed by atoms with van der Waals surface area (Å²) in [4.78, 5) is 15.2. The predicted molar refractivity (Wildman–Crippen MR) is 103 cm³/mol. The number of nitrogens with one attached hydrogen (secondary N) is 1. The van der Waals surface area contributed by atoms with Crippen LogP contribution >= 0.6 is 0 Å². The minimum Gasteiger partial charge on any atom is -0.333 e. The Balaban J connectivity index is 1.45. The van der Waals surface area contributed by atoms with Gasteiger partial charge >= 0.3 is 0 Å². The molecule has 1 aromatic heterocycles. The monoisotopic (exact) mass is 379 g/mol. The molecule has 0 unspecified atom stereocenters. The molecule has 7 heteroatoms. The van der Waals surface area contributed by atoms with Crippen LogP contribution in [0.4, 0.5) is 4.39 Å². The molecule has 1 amide bonds.